The summed E-state index contributed by atoms with van der Waals surface area (Å²) in [6.45, 7) is 3.38. The van der Waals surface area contributed by atoms with Gasteiger partial charge in [0.25, 0.3) is 0 Å². The molecule has 0 saturated carbocycles. The van der Waals surface area contributed by atoms with Gasteiger partial charge in [-0.25, -0.2) is 8.42 Å². The SMILES string of the molecule is CCCCCCCC[N+](C)(C)CC(O)CS(=O)(=O)[O-]. The lowest BCUT2D eigenvalue weighted by Gasteiger charge is -2.32. The highest BCUT2D eigenvalue weighted by molar-refractivity contribution is 7.85. The van der Waals surface area contributed by atoms with E-state index in [9.17, 15) is 18.1 Å². The quantitative estimate of drug-likeness (QED) is 0.354. The predicted molar refractivity (Wildman–Crippen MR) is 75.8 cm³/mol. The zero-order chi connectivity index (χ0) is 14.9. The highest BCUT2D eigenvalue weighted by Crippen LogP contribution is 2.09. The molecule has 0 rings (SSSR count). The number of hydrogen-bond donors (Lipinski definition) is 1. The van der Waals surface area contributed by atoms with Crippen molar-refractivity contribution in [3.05, 3.63) is 0 Å². The fourth-order valence-corrected chi connectivity index (χ4v) is 2.85. The molecule has 0 heterocycles. The minimum atomic E-state index is -4.34. The molecule has 0 amide bonds. The van der Waals surface area contributed by atoms with Gasteiger partial charge in [0.2, 0.25) is 0 Å². The van der Waals surface area contributed by atoms with Gasteiger partial charge in [0.1, 0.15) is 12.6 Å². The molecule has 1 atom stereocenters. The lowest BCUT2D eigenvalue weighted by atomic mass is 10.1. The largest absolute Gasteiger partial charge is 0.748 e. The van der Waals surface area contributed by atoms with Crippen LogP contribution >= 0.6 is 0 Å². The summed E-state index contributed by atoms with van der Waals surface area (Å²) < 4.78 is 32.2. The molecule has 1 unspecified atom stereocenters. The molecule has 0 aliphatic heterocycles. The smallest absolute Gasteiger partial charge is 0.116 e. The third kappa shape index (κ3) is 12.6. The minimum absolute atomic E-state index is 0.302. The van der Waals surface area contributed by atoms with Gasteiger partial charge < -0.3 is 14.1 Å². The van der Waals surface area contributed by atoms with Gasteiger partial charge in [-0.1, -0.05) is 32.6 Å². The Kier molecular flexibility index (Phi) is 8.81. The molecule has 0 radical (unpaired) electrons. The van der Waals surface area contributed by atoms with E-state index in [2.05, 4.69) is 6.92 Å². The highest BCUT2D eigenvalue weighted by Gasteiger charge is 2.21. The maximum atomic E-state index is 10.6. The van der Waals surface area contributed by atoms with Crippen LogP contribution in [-0.4, -0.2) is 61.6 Å². The van der Waals surface area contributed by atoms with Crippen LogP contribution in [0.25, 0.3) is 0 Å². The van der Waals surface area contributed by atoms with Crippen LogP contribution in [0.3, 0.4) is 0 Å². The van der Waals surface area contributed by atoms with Crippen molar-refractivity contribution in [1.29, 1.82) is 0 Å². The van der Waals surface area contributed by atoms with Crippen LogP contribution in [0.2, 0.25) is 0 Å². The van der Waals surface area contributed by atoms with Crippen molar-refractivity contribution < 1.29 is 22.6 Å². The van der Waals surface area contributed by atoms with E-state index in [0.29, 0.717) is 11.0 Å². The van der Waals surface area contributed by atoms with E-state index in [1.54, 1.807) is 0 Å². The van der Waals surface area contributed by atoms with Crippen LogP contribution in [0, 0.1) is 0 Å². The lowest BCUT2D eigenvalue weighted by molar-refractivity contribution is -0.893. The zero-order valence-electron chi connectivity index (χ0n) is 12.5. The summed E-state index contributed by atoms with van der Waals surface area (Å²) in [4.78, 5) is 0. The molecular formula is C13H29NO4S. The third-order valence-corrected chi connectivity index (χ3v) is 4.01. The van der Waals surface area contributed by atoms with Crippen LogP contribution in [0.15, 0.2) is 0 Å². The van der Waals surface area contributed by atoms with Crippen molar-refractivity contribution in [2.75, 3.05) is 32.9 Å². The minimum Gasteiger partial charge on any atom is -0.748 e. The van der Waals surface area contributed by atoms with Gasteiger partial charge in [-0.2, -0.15) is 0 Å². The number of hydrogen-bond acceptors (Lipinski definition) is 4. The Morgan fingerprint density at radius 3 is 2.16 bits per heavy atom. The zero-order valence-corrected chi connectivity index (χ0v) is 13.3. The monoisotopic (exact) mass is 295 g/mol. The molecule has 0 aliphatic rings. The average Bonchev–Trinajstić information content (AvgIpc) is 2.19. The van der Waals surface area contributed by atoms with Crippen molar-refractivity contribution in [2.24, 2.45) is 0 Å². The first-order chi connectivity index (χ1) is 8.66. The third-order valence-electron chi connectivity index (χ3n) is 3.22. The highest BCUT2D eigenvalue weighted by atomic mass is 32.2. The molecule has 1 N–H and O–H groups in total. The van der Waals surface area contributed by atoms with Crippen LogP contribution in [0.4, 0.5) is 0 Å². The second kappa shape index (κ2) is 8.89. The van der Waals surface area contributed by atoms with E-state index >= 15 is 0 Å². The summed E-state index contributed by atoms with van der Waals surface area (Å²) >= 11 is 0. The van der Waals surface area contributed by atoms with E-state index in [1.807, 2.05) is 14.1 Å². The number of rotatable bonds is 11. The van der Waals surface area contributed by atoms with Crippen molar-refractivity contribution in [1.82, 2.24) is 0 Å². The molecule has 0 aliphatic carbocycles. The molecule has 19 heavy (non-hydrogen) atoms. The normalized spacial score (nSPS) is 14.6. The van der Waals surface area contributed by atoms with E-state index in [0.717, 1.165) is 19.4 Å². The summed E-state index contributed by atoms with van der Waals surface area (Å²) in [5, 5.41) is 9.60. The van der Waals surface area contributed by atoms with Crippen LogP contribution in [-0.2, 0) is 10.1 Å². The average molecular weight is 295 g/mol. The van der Waals surface area contributed by atoms with E-state index in [-0.39, 0.29) is 0 Å². The van der Waals surface area contributed by atoms with Crippen LogP contribution in [0.5, 0.6) is 0 Å². The second-order valence-electron chi connectivity index (χ2n) is 5.99. The molecule has 5 nitrogen and oxygen atoms in total. The van der Waals surface area contributed by atoms with Crippen molar-refractivity contribution >= 4 is 10.1 Å². The van der Waals surface area contributed by atoms with Crippen LogP contribution < -0.4 is 0 Å². The first-order valence-electron chi connectivity index (χ1n) is 7.10. The molecular weight excluding hydrogens is 266 g/mol. The van der Waals surface area contributed by atoms with Gasteiger partial charge in [-0.05, 0) is 12.8 Å². The lowest BCUT2D eigenvalue weighted by Crippen LogP contribution is -2.47. The summed E-state index contributed by atoms with van der Waals surface area (Å²) in [6.07, 6.45) is 6.16. The standard InChI is InChI=1S/C13H29NO4S/c1-4-5-6-7-8-9-10-14(2,3)11-13(15)12-19(16,17)18/h13,15H,4-12H2,1-3H3. The first kappa shape index (κ1) is 18.8. The Labute approximate surface area is 118 Å². The number of quaternary nitrogens is 1. The number of aliphatic hydroxyl groups is 1. The van der Waals surface area contributed by atoms with Crippen molar-refractivity contribution in [2.45, 2.75) is 51.6 Å². The molecule has 0 aromatic heterocycles. The number of likely N-dealkylation sites (N-methyl/N-ethyl adjacent to an activating group) is 1. The summed E-state index contributed by atoms with van der Waals surface area (Å²) in [5.74, 6) is -0.689. The van der Waals surface area contributed by atoms with E-state index < -0.39 is 22.0 Å². The fraction of sp³-hybridized carbons (Fsp3) is 1.00. The molecule has 0 saturated heterocycles. The van der Waals surface area contributed by atoms with Gasteiger partial charge in [-0.15, -0.1) is 0 Å². The Bertz CT molecular complexity index is 328. The van der Waals surface area contributed by atoms with Gasteiger partial charge in [-0.3, -0.25) is 0 Å². The summed E-state index contributed by atoms with van der Waals surface area (Å²) in [6, 6.07) is 0. The summed E-state index contributed by atoms with van der Waals surface area (Å²) in [7, 11) is -0.439. The Hall–Kier alpha value is -0.170. The topological polar surface area (TPSA) is 77.4 Å². The van der Waals surface area contributed by atoms with Gasteiger partial charge in [0.05, 0.1) is 36.5 Å². The van der Waals surface area contributed by atoms with Gasteiger partial charge in [0, 0.05) is 0 Å². The van der Waals surface area contributed by atoms with E-state index in [1.165, 1.54) is 25.7 Å². The number of aliphatic hydroxyl groups excluding tert-OH is 1. The molecule has 0 spiro atoms. The number of nitrogens with zero attached hydrogens (tertiary/aromatic N) is 1. The maximum absolute atomic E-state index is 10.6. The predicted octanol–water partition coefficient (Wildman–Crippen LogP) is 1.33. The molecule has 0 bridgehead atoms. The molecule has 0 aromatic carbocycles. The second-order valence-corrected chi connectivity index (χ2v) is 7.44. The maximum Gasteiger partial charge on any atom is 0.116 e. The van der Waals surface area contributed by atoms with Crippen LogP contribution in [0.1, 0.15) is 45.4 Å². The Morgan fingerprint density at radius 1 is 1.11 bits per heavy atom. The van der Waals surface area contributed by atoms with Gasteiger partial charge >= 0.3 is 0 Å². The molecule has 6 heteroatoms. The molecule has 0 aromatic rings. The van der Waals surface area contributed by atoms with Crippen molar-refractivity contribution in [3.63, 3.8) is 0 Å². The fourth-order valence-electron chi connectivity index (χ4n) is 2.27. The Balaban J connectivity index is 3.85. The molecule has 116 valence electrons. The Morgan fingerprint density at radius 2 is 1.63 bits per heavy atom. The number of unbranched alkanes of at least 4 members (excludes halogenated alkanes) is 5. The molecule has 0 fully saturated rings. The van der Waals surface area contributed by atoms with Gasteiger partial charge in [0.15, 0.2) is 0 Å². The van der Waals surface area contributed by atoms with Crippen molar-refractivity contribution in [3.8, 4) is 0 Å². The van der Waals surface area contributed by atoms with E-state index in [4.69, 9.17) is 0 Å². The first-order valence-corrected chi connectivity index (χ1v) is 8.67. The summed E-state index contributed by atoms with van der Waals surface area (Å²) in [5.41, 5.74) is 0.